The largest absolute Gasteiger partial charge is 0.456 e. The van der Waals surface area contributed by atoms with Gasteiger partial charge in [0, 0.05) is 12.1 Å². The van der Waals surface area contributed by atoms with Crippen LogP contribution in [0, 0.1) is 6.92 Å². The normalized spacial score (nSPS) is 10.3. The number of rotatable bonds is 5. The highest BCUT2D eigenvalue weighted by molar-refractivity contribution is 6.17. The smallest absolute Gasteiger partial charge is 0.287 e. The van der Waals surface area contributed by atoms with E-state index in [0.29, 0.717) is 23.9 Å². The second-order valence-electron chi connectivity index (χ2n) is 3.44. The van der Waals surface area contributed by atoms with Crippen LogP contribution in [0.2, 0.25) is 0 Å². The average Bonchev–Trinajstić information content (AvgIpc) is 2.60. The van der Waals surface area contributed by atoms with Crippen LogP contribution in [0.5, 0.6) is 0 Å². The highest BCUT2D eigenvalue weighted by Crippen LogP contribution is 2.16. The molecule has 3 nitrogen and oxygen atoms in total. The van der Waals surface area contributed by atoms with Crippen LogP contribution in [0.4, 0.5) is 0 Å². The van der Waals surface area contributed by atoms with E-state index in [1.165, 1.54) is 0 Å². The number of amides is 1. The van der Waals surface area contributed by atoms with Gasteiger partial charge >= 0.3 is 0 Å². The first kappa shape index (κ1) is 12.1. The number of unbranched alkanes of at least 4 members (excludes halogenated alkanes) is 1. The number of carbonyl (C=O) groups is 1. The van der Waals surface area contributed by atoms with Crippen LogP contribution < -0.4 is 5.32 Å². The average molecular weight is 230 g/mol. The summed E-state index contributed by atoms with van der Waals surface area (Å²) in [7, 11) is 0. The van der Waals surface area contributed by atoms with Crippen molar-refractivity contribution >= 4 is 17.5 Å². The summed E-state index contributed by atoms with van der Waals surface area (Å²) in [6.45, 7) is 4.57. The van der Waals surface area contributed by atoms with Crippen LogP contribution in [0.15, 0.2) is 10.5 Å². The third-order valence-electron chi connectivity index (χ3n) is 2.20. The van der Waals surface area contributed by atoms with Crippen molar-refractivity contribution in [1.82, 2.24) is 5.32 Å². The van der Waals surface area contributed by atoms with Gasteiger partial charge in [0.25, 0.3) is 5.91 Å². The van der Waals surface area contributed by atoms with Gasteiger partial charge in [0.15, 0.2) is 5.76 Å². The van der Waals surface area contributed by atoms with Crippen LogP contribution in [-0.2, 0) is 5.88 Å². The predicted molar refractivity (Wildman–Crippen MR) is 60.2 cm³/mol. The molecule has 15 heavy (non-hydrogen) atoms. The Bertz CT molecular complexity index is 333. The molecule has 84 valence electrons. The highest BCUT2D eigenvalue weighted by Gasteiger charge is 2.12. The summed E-state index contributed by atoms with van der Waals surface area (Å²) in [5.41, 5.74) is 0.873. The molecule has 0 aliphatic heterocycles. The molecule has 1 aromatic heterocycles. The summed E-state index contributed by atoms with van der Waals surface area (Å²) >= 11 is 5.69. The minimum Gasteiger partial charge on any atom is -0.456 e. The first-order valence-electron chi connectivity index (χ1n) is 5.12. The lowest BCUT2D eigenvalue weighted by Crippen LogP contribution is -2.23. The Morgan fingerprint density at radius 3 is 2.87 bits per heavy atom. The lowest BCUT2D eigenvalue weighted by molar-refractivity contribution is 0.0924. The standard InChI is InChI=1S/C11H16ClNO2/c1-3-4-5-13-11(14)10-6-9(7-12)8(2)15-10/h6H,3-5,7H2,1-2H3,(H,13,14). The molecule has 1 heterocycles. The Morgan fingerprint density at radius 2 is 2.33 bits per heavy atom. The zero-order valence-electron chi connectivity index (χ0n) is 9.10. The van der Waals surface area contributed by atoms with Crippen molar-refractivity contribution in [1.29, 1.82) is 0 Å². The maximum Gasteiger partial charge on any atom is 0.287 e. The summed E-state index contributed by atoms with van der Waals surface area (Å²) in [6.07, 6.45) is 2.04. The molecule has 0 aliphatic carbocycles. The zero-order valence-corrected chi connectivity index (χ0v) is 9.86. The minimum absolute atomic E-state index is 0.164. The maximum atomic E-state index is 11.6. The molecule has 0 spiro atoms. The van der Waals surface area contributed by atoms with Crippen molar-refractivity contribution < 1.29 is 9.21 Å². The number of halogens is 1. The number of alkyl halides is 1. The minimum atomic E-state index is -0.164. The lowest BCUT2D eigenvalue weighted by atomic mass is 10.2. The maximum absolute atomic E-state index is 11.6. The van der Waals surface area contributed by atoms with Crippen LogP contribution in [0.25, 0.3) is 0 Å². The molecule has 0 unspecified atom stereocenters. The van der Waals surface area contributed by atoms with Crippen molar-refractivity contribution in [2.24, 2.45) is 0 Å². The van der Waals surface area contributed by atoms with E-state index in [1.54, 1.807) is 13.0 Å². The van der Waals surface area contributed by atoms with E-state index in [0.717, 1.165) is 18.4 Å². The van der Waals surface area contributed by atoms with Crippen molar-refractivity contribution in [3.05, 3.63) is 23.2 Å². The molecule has 1 N–H and O–H groups in total. The van der Waals surface area contributed by atoms with E-state index in [2.05, 4.69) is 12.2 Å². The summed E-state index contributed by atoms with van der Waals surface area (Å²) < 4.78 is 5.30. The fourth-order valence-corrected chi connectivity index (χ4v) is 1.50. The van der Waals surface area contributed by atoms with Gasteiger partial charge in [-0.15, -0.1) is 11.6 Å². The number of nitrogens with one attached hydrogen (secondary N) is 1. The van der Waals surface area contributed by atoms with Crippen LogP contribution in [0.3, 0.4) is 0 Å². The Balaban J connectivity index is 2.58. The van der Waals surface area contributed by atoms with E-state index in [-0.39, 0.29) is 5.91 Å². The molecule has 0 fully saturated rings. The number of hydrogen-bond donors (Lipinski definition) is 1. The van der Waals surface area contributed by atoms with Gasteiger partial charge in [-0.1, -0.05) is 13.3 Å². The van der Waals surface area contributed by atoms with Crippen LogP contribution in [-0.4, -0.2) is 12.5 Å². The molecule has 0 aromatic carbocycles. The molecule has 0 aliphatic rings. The Kier molecular flexibility index (Phi) is 4.69. The van der Waals surface area contributed by atoms with E-state index in [9.17, 15) is 4.79 Å². The fraction of sp³-hybridized carbons (Fsp3) is 0.545. The molecule has 0 saturated heterocycles. The highest BCUT2D eigenvalue weighted by atomic mass is 35.5. The molecular formula is C11H16ClNO2. The molecule has 0 radical (unpaired) electrons. The molecule has 0 bridgehead atoms. The van der Waals surface area contributed by atoms with Gasteiger partial charge in [-0.2, -0.15) is 0 Å². The van der Waals surface area contributed by atoms with Crippen molar-refractivity contribution in [3.63, 3.8) is 0 Å². The zero-order chi connectivity index (χ0) is 11.3. The SMILES string of the molecule is CCCCNC(=O)c1cc(CCl)c(C)o1. The number of carbonyl (C=O) groups excluding carboxylic acids is 1. The molecule has 0 saturated carbocycles. The first-order chi connectivity index (χ1) is 7.19. The fourth-order valence-electron chi connectivity index (χ4n) is 1.23. The molecule has 1 rings (SSSR count). The van der Waals surface area contributed by atoms with Gasteiger partial charge in [0.1, 0.15) is 5.76 Å². The van der Waals surface area contributed by atoms with Gasteiger partial charge in [0.05, 0.1) is 5.88 Å². The summed E-state index contributed by atoms with van der Waals surface area (Å²) in [6, 6.07) is 1.70. The molecule has 1 amide bonds. The Hall–Kier alpha value is -0.960. The van der Waals surface area contributed by atoms with Gasteiger partial charge in [-0.05, 0) is 19.4 Å². The number of furan rings is 1. The van der Waals surface area contributed by atoms with Gasteiger partial charge in [-0.3, -0.25) is 4.79 Å². The molecule has 0 atom stereocenters. The van der Waals surface area contributed by atoms with E-state index < -0.39 is 0 Å². The monoisotopic (exact) mass is 229 g/mol. The third kappa shape index (κ3) is 3.27. The van der Waals surface area contributed by atoms with Gasteiger partial charge in [0.2, 0.25) is 0 Å². The van der Waals surface area contributed by atoms with Gasteiger partial charge < -0.3 is 9.73 Å². The molecule has 4 heteroatoms. The molecule has 1 aromatic rings. The number of aryl methyl sites for hydroxylation is 1. The summed E-state index contributed by atoms with van der Waals surface area (Å²) in [4.78, 5) is 11.6. The van der Waals surface area contributed by atoms with E-state index in [1.807, 2.05) is 0 Å². The summed E-state index contributed by atoms with van der Waals surface area (Å²) in [5.74, 6) is 1.27. The van der Waals surface area contributed by atoms with Crippen LogP contribution in [0.1, 0.15) is 41.6 Å². The van der Waals surface area contributed by atoms with Gasteiger partial charge in [-0.25, -0.2) is 0 Å². The lowest BCUT2D eigenvalue weighted by Gasteiger charge is -2.00. The first-order valence-corrected chi connectivity index (χ1v) is 5.66. The van der Waals surface area contributed by atoms with E-state index >= 15 is 0 Å². The van der Waals surface area contributed by atoms with Crippen LogP contribution >= 0.6 is 11.6 Å². The second kappa shape index (κ2) is 5.81. The van der Waals surface area contributed by atoms with Crippen molar-refractivity contribution in [2.45, 2.75) is 32.6 Å². The molecular weight excluding hydrogens is 214 g/mol. The number of hydrogen-bond acceptors (Lipinski definition) is 2. The third-order valence-corrected chi connectivity index (χ3v) is 2.49. The Morgan fingerprint density at radius 1 is 1.60 bits per heavy atom. The predicted octanol–water partition coefficient (Wildman–Crippen LogP) is 2.86. The summed E-state index contributed by atoms with van der Waals surface area (Å²) in [5, 5.41) is 2.79. The van der Waals surface area contributed by atoms with Crippen molar-refractivity contribution in [3.8, 4) is 0 Å². The Labute approximate surface area is 94.8 Å². The quantitative estimate of drug-likeness (QED) is 0.623. The van der Waals surface area contributed by atoms with E-state index in [4.69, 9.17) is 16.0 Å². The second-order valence-corrected chi connectivity index (χ2v) is 3.70. The van der Waals surface area contributed by atoms with Crippen molar-refractivity contribution in [2.75, 3.05) is 6.54 Å². The topological polar surface area (TPSA) is 42.2 Å².